The van der Waals surface area contributed by atoms with Crippen molar-refractivity contribution in [2.24, 2.45) is 0 Å². The fourth-order valence-electron chi connectivity index (χ4n) is 1.85. The van der Waals surface area contributed by atoms with E-state index in [1.807, 2.05) is 31.2 Å². The second-order valence-corrected chi connectivity index (χ2v) is 4.57. The molecule has 104 valence electrons. The Morgan fingerprint density at radius 1 is 1.20 bits per heavy atom. The van der Waals surface area contributed by atoms with Crippen molar-refractivity contribution in [3.8, 4) is 11.3 Å². The Morgan fingerprint density at radius 3 is 2.45 bits per heavy atom. The number of benzene rings is 1. The van der Waals surface area contributed by atoms with Crippen LogP contribution in [-0.2, 0) is 9.53 Å². The number of ether oxygens (including phenoxy) is 1. The van der Waals surface area contributed by atoms with E-state index >= 15 is 0 Å². The molecule has 5 heteroatoms. The first kappa shape index (κ1) is 14.0. The first-order valence-electron chi connectivity index (χ1n) is 6.27. The van der Waals surface area contributed by atoms with Crippen molar-refractivity contribution in [2.45, 2.75) is 19.9 Å². The van der Waals surface area contributed by atoms with Crippen molar-refractivity contribution in [1.29, 1.82) is 0 Å². The number of aromatic nitrogens is 2. The lowest BCUT2D eigenvalue weighted by Crippen LogP contribution is -2.30. The first-order chi connectivity index (χ1) is 9.52. The maximum atomic E-state index is 11.8. The van der Waals surface area contributed by atoms with Crippen molar-refractivity contribution in [1.82, 2.24) is 9.78 Å². The Hall–Kier alpha value is -2.43. The summed E-state index contributed by atoms with van der Waals surface area (Å²) in [5.41, 5.74) is 2.34. The molecule has 1 unspecified atom stereocenters. The molecule has 2 rings (SSSR count). The average molecular weight is 272 g/mol. The van der Waals surface area contributed by atoms with Gasteiger partial charge in [0, 0.05) is 11.6 Å². The van der Waals surface area contributed by atoms with Crippen LogP contribution in [0, 0.1) is 6.92 Å². The van der Waals surface area contributed by atoms with E-state index in [0.29, 0.717) is 5.69 Å². The minimum absolute atomic E-state index is 0.334. The lowest BCUT2D eigenvalue weighted by molar-refractivity contribution is -0.144. The largest absolute Gasteiger partial charge is 0.467 e. The molecular weight excluding hydrogens is 256 g/mol. The Labute approximate surface area is 116 Å². The molecule has 0 aliphatic carbocycles. The standard InChI is InChI=1S/C15H16N2O3/c1-10-4-6-12(7-5-10)13-8-9-14(18)17(16-13)11(2)15(19)20-3/h4-9,11H,1-3H3. The molecule has 0 aliphatic heterocycles. The molecular formula is C15H16N2O3. The van der Waals surface area contributed by atoms with Crippen molar-refractivity contribution in [3.63, 3.8) is 0 Å². The zero-order chi connectivity index (χ0) is 14.7. The monoisotopic (exact) mass is 272 g/mol. The molecule has 0 spiro atoms. The molecule has 1 aromatic heterocycles. The second-order valence-electron chi connectivity index (χ2n) is 4.57. The number of rotatable bonds is 3. The first-order valence-corrected chi connectivity index (χ1v) is 6.27. The van der Waals surface area contributed by atoms with Gasteiger partial charge in [0.2, 0.25) is 0 Å². The molecule has 0 N–H and O–H groups in total. The van der Waals surface area contributed by atoms with Crippen LogP contribution in [0.4, 0.5) is 0 Å². The van der Waals surface area contributed by atoms with Crippen LogP contribution < -0.4 is 5.56 Å². The third-order valence-electron chi connectivity index (χ3n) is 3.08. The molecule has 0 saturated carbocycles. The fourth-order valence-corrected chi connectivity index (χ4v) is 1.85. The summed E-state index contributed by atoms with van der Waals surface area (Å²) in [5.74, 6) is -0.499. The van der Waals surface area contributed by atoms with Gasteiger partial charge < -0.3 is 4.74 Å². The maximum absolute atomic E-state index is 11.8. The van der Waals surface area contributed by atoms with E-state index in [1.165, 1.54) is 13.2 Å². The van der Waals surface area contributed by atoms with Gasteiger partial charge in [0.05, 0.1) is 12.8 Å². The zero-order valence-corrected chi connectivity index (χ0v) is 11.7. The number of hydrogen-bond acceptors (Lipinski definition) is 4. The Kier molecular flexibility index (Phi) is 3.98. The molecule has 0 amide bonds. The number of hydrogen-bond donors (Lipinski definition) is 0. The van der Waals surface area contributed by atoms with Crippen molar-refractivity contribution in [2.75, 3.05) is 7.11 Å². The lowest BCUT2D eigenvalue weighted by atomic mass is 10.1. The number of nitrogens with zero attached hydrogens (tertiary/aromatic N) is 2. The maximum Gasteiger partial charge on any atom is 0.330 e. The van der Waals surface area contributed by atoms with Crippen LogP contribution in [0.2, 0.25) is 0 Å². The highest BCUT2D eigenvalue weighted by Gasteiger charge is 2.18. The molecule has 5 nitrogen and oxygen atoms in total. The SMILES string of the molecule is COC(=O)C(C)n1nc(-c2ccc(C)cc2)ccc1=O. The van der Waals surface area contributed by atoms with Gasteiger partial charge in [0.15, 0.2) is 6.04 Å². The Morgan fingerprint density at radius 2 is 1.85 bits per heavy atom. The third-order valence-corrected chi connectivity index (χ3v) is 3.08. The van der Waals surface area contributed by atoms with Gasteiger partial charge in [-0.25, -0.2) is 9.48 Å². The van der Waals surface area contributed by atoms with Gasteiger partial charge in [-0.05, 0) is 19.9 Å². The van der Waals surface area contributed by atoms with Gasteiger partial charge >= 0.3 is 5.97 Å². The number of aryl methyl sites for hydroxylation is 1. The van der Waals surface area contributed by atoms with Crippen LogP contribution in [0.5, 0.6) is 0 Å². The average Bonchev–Trinajstić information content (AvgIpc) is 2.47. The molecule has 0 fully saturated rings. The van der Waals surface area contributed by atoms with Gasteiger partial charge in [-0.1, -0.05) is 29.8 Å². The van der Waals surface area contributed by atoms with Crippen LogP contribution in [0.3, 0.4) is 0 Å². The highest BCUT2D eigenvalue weighted by atomic mass is 16.5. The zero-order valence-electron chi connectivity index (χ0n) is 11.7. The van der Waals surface area contributed by atoms with Gasteiger partial charge in [0.25, 0.3) is 5.56 Å². The highest BCUT2D eigenvalue weighted by Crippen LogP contribution is 2.16. The predicted molar refractivity (Wildman–Crippen MR) is 75.4 cm³/mol. The molecule has 1 heterocycles. The Balaban J connectivity index is 2.45. The summed E-state index contributed by atoms with van der Waals surface area (Å²) in [6.45, 7) is 3.58. The van der Waals surface area contributed by atoms with E-state index in [9.17, 15) is 9.59 Å². The third kappa shape index (κ3) is 2.77. The minimum atomic E-state index is -0.752. The predicted octanol–water partition coefficient (Wildman–Crippen LogP) is 1.95. The highest BCUT2D eigenvalue weighted by molar-refractivity contribution is 5.73. The molecule has 20 heavy (non-hydrogen) atoms. The van der Waals surface area contributed by atoms with Crippen LogP contribution in [0.1, 0.15) is 18.5 Å². The van der Waals surface area contributed by atoms with Crippen LogP contribution in [-0.4, -0.2) is 22.9 Å². The van der Waals surface area contributed by atoms with Crippen molar-refractivity contribution in [3.05, 3.63) is 52.3 Å². The minimum Gasteiger partial charge on any atom is -0.467 e. The van der Waals surface area contributed by atoms with Crippen LogP contribution in [0.25, 0.3) is 11.3 Å². The van der Waals surface area contributed by atoms with Crippen molar-refractivity contribution < 1.29 is 9.53 Å². The smallest absolute Gasteiger partial charge is 0.330 e. The normalized spacial score (nSPS) is 11.9. The molecule has 0 saturated heterocycles. The van der Waals surface area contributed by atoms with E-state index in [4.69, 9.17) is 0 Å². The summed E-state index contributed by atoms with van der Waals surface area (Å²) in [6.07, 6.45) is 0. The van der Waals surface area contributed by atoms with Gasteiger partial charge in [0.1, 0.15) is 0 Å². The van der Waals surface area contributed by atoms with E-state index < -0.39 is 12.0 Å². The summed E-state index contributed by atoms with van der Waals surface area (Å²) in [7, 11) is 1.29. The van der Waals surface area contributed by atoms with Gasteiger partial charge in [-0.15, -0.1) is 0 Å². The molecule has 0 bridgehead atoms. The van der Waals surface area contributed by atoms with Gasteiger partial charge in [-0.3, -0.25) is 4.79 Å². The van der Waals surface area contributed by atoms with E-state index in [0.717, 1.165) is 15.8 Å². The molecule has 0 aliphatic rings. The number of esters is 1. The fraction of sp³-hybridized carbons (Fsp3) is 0.267. The van der Waals surface area contributed by atoms with Crippen LogP contribution in [0.15, 0.2) is 41.2 Å². The number of carbonyl (C=O) groups is 1. The summed E-state index contributed by atoms with van der Waals surface area (Å²) in [5, 5.41) is 4.24. The second kappa shape index (κ2) is 5.69. The van der Waals surface area contributed by atoms with E-state index in [2.05, 4.69) is 9.84 Å². The Bertz CT molecular complexity index is 674. The summed E-state index contributed by atoms with van der Waals surface area (Å²) in [4.78, 5) is 23.3. The van der Waals surface area contributed by atoms with Gasteiger partial charge in [-0.2, -0.15) is 5.10 Å². The quantitative estimate of drug-likeness (QED) is 0.801. The molecule has 2 aromatic rings. The summed E-state index contributed by atoms with van der Waals surface area (Å²) < 4.78 is 5.78. The number of methoxy groups -OCH3 is 1. The molecule has 0 radical (unpaired) electrons. The van der Waals surface area contributed by atoms with Crippen molar-refractivity contribution >= 4 is 5.97 Å². The van der Waals surface area contributed by atoms with E-state index in [1.54, 1.807) is 13.0 Å². The summed E-state index contributed by atoms with van der Waals surface area (Å²) in [6, 6.07) is 10.1. The number of carbonyl (C=O) groups excluding carboxylic acids is 1. The van der Waals surface area contributed by atoms with Crippen LogP contribution >= 0.6 is 0 Å². The topological polar surface area (TPSA) is 61.2 Å². The van der Waals surface area contributed by atoms with E-state index in [-0.39, 0.29) is 5.56 Å². The molecule has 1 atom stereocenters. The lowest BCUT2D eigenvalue weighted by Gasteiger charge is -2.12. The summed E-state index contributed by atoms with van der Waals surface area (Å²) >= 11 is 0. The molecule has 1 aromatic carbocycles.